The minimum atomic E-state index is -3.80. The van der Waals surface area contributed by atoms with Gasteiger partial charge in [0.05, 0.1) is 35.4 Å². The Bertz CT molecular complexity index is 1660. The van der Waals surface area contributed by atoms with Gasteiger partial charge in [-0.2, -0.15) is 5.10 Å². The number of aryl methyl sites for hydroxylation is 1. The van der Waals surface area contributed by atoms with E-state index in [1.54, 1.807) is 47.2 Å². The molecule has 1 amide bonds. The van der Waals surface area contributed by atoms with Gasteiger partial charge >= 0.3 is 0 Å². The Morgan fingerprint density at radius 3 is 2.76 bits per heavy atom. The van der Waals surface area contributed by atoms with Gasteiger partial charge in [0.2, 0.25) is 16.0 Å². The lowest BCUT2D eigenvalue weighted by atomic mass is 10.1. The predicted octanol–water partition coefficient (Wildman–Crippen LogP) is 1.48. The topological polar surface area (TPSA) is 139 Å². The van der Waals surface area contributed by atoms with Crippen LogP contribution in [0.3, 0.4) is 0 Å². The Labute approximate surface area is 220 Å². The van der Waals surface area contributed by atoms with Gasteiger partial charge in [-0.3, -0.25) is 19.3 Å². The molecule has 0 saturated heterocycles. The van der Waals surface area contributed by atoms with Gasteiger partial charge in [-0.05, 0) is 56.0 Å². The molecular weight excluding hydrogens is 504 g/mol. The molecule has 3 aliphatic rings. The first-order valence-electron chi connectivity index (χ1n) is 12.2. The van der Waals surface area contributed by atoms with Crippen LogP contribution in [0, 0.1) is 11.8 Å². The first kappa shape index (κ1) is 24.1. The van der Waals surface area contributed by atoms with E-state index in [0.29, 0.717) is 29.6 Å². The van der Waals surface area contributed by atoms with E-state index in [9.17, 15) is 13.2 Å². The largest absolute Gasteiger partial charge is 0.399 e. The van der Waals surface area contributed by atoms with E-state index in [0.717, 1.165) is 18.4 Å². The van der Waals surface area contributed by atoms with E-state index in [1.807, 2.05) is 18.0 Å². The maximum Gasteiger partial charge on any atom is 0.263 e. The lowest BCUT2D eigenvalue weighted by Gasteiger charge is -2.37. The molecule has 194 valence electrons. The molecule has 1 fully saturated rings. The number of benzene rings is 1. The Kier molecular flexibility index (Phi) is 5.51. The van der Waals surface area contributed by atoms with Crippen molar-refractivity contribution in [2.75, 3.05) is 17.2 Å². The summed E-state index contributed by atoms with van der Waals surface area (Å²) in [6.45, 7) is 2.43. The molecular formula is C26H26N8O3S. The number of hydrogen-bond acceptors (Lipinski definition) is 8. The summed E-state index contributed by atoms with van der Waals surface area (Å²) < 4.78 is 30.6. The highest BCUT2D eigenvalue weighted by Crippen LogP contribution is 2.38. The second-order valence-electron chi connectivity index (χ2n) is 10.0. The number of guanidine groups is 1. The van der Waals surface area contributed by atoms with Crippen LogP contribution in [0.1, 0.15) is 41.4 Å². The number of hydrogen-bond donors (Lipinski definition) is 2. The Balaban J connectivity index is 1.41. The molecule has 6 rings (SSSR count). The van der Waals surface area contributed by atoms with Crippen molar-refractivity contribution in [3.63, 3.8) is 0 Å². The summed E-state index contributed by atoms with van der Waals surface area (Å²) in [6.07, 6.45) is 6.67. The van der Waals surface area contributed by atoms with Gasteiger partial charge in [0.1, 0.15) is 11.7 Å². The van der Waals surface area contributed by atoms with E-state index in [4.69, 9.17) is 5.73 Å². The number of aliphatic imine (C=N–C) groups is 1. The molecule has 2 aliphatic heterocycles. The van der Waals surface area contributed by atoms with Crippen LogP contribution in [0.2, 0.25) is 0 Å². The van der Waals surface area contributed by atoms with Gasteiger partial charge in [0.25, 0.3) is 5.91 Å². The number of pyridine rings is 1. The quantitative estimate of drug-likeness (QED) is 0.477. The number of nitrogen functional groups attached to an aromatic ring is 1. The summed E-state index contributed by atoms with van der Waals surface area (Å²) in [5, 5.41) is 4.21. The monoisotopic (exact) mass is 530 g/mol. The molecule has 3 aromatic rings. The maximum atomic E-state index is 13.8. The van der Waals surface area contributed by atoms with E-state index < -0.39 is 15.6 Å². The number of fused-ring (bicyclic) bond motifs is 3. The molecule has 0 unspecified atom stereocenters. The lowest BCUT2D eigenvalue weighted by Crippen LogP contribution is -2.52. The molecule has 1 aliphatic carbocycles. The van der Waals surface area contributed by atoms with Crippen molar-refractivity contribution in [3.05, 3.63) is 65.7 Å². The molecule has 1 atom stereocenters. The van der Waals surface area contributed by atoms with Gasteiger partial charge in [0.15, 0.2) is 0 Å². The number of aromatic nitrogens is 3. The number of carbonyl (C=O) groups is 1. The number of amides is 1. The van der Waals surface area contributed by atoms with Crippen molar-refractivity contribution in [2.45, 2.75) is 42.8 Å². The molecule has 3 N–H and O–H groups in total. The van der Waals surface area contributed by atoms with Crippen LogP contribution in [0.15, 0.2) is 58.8 Å². The molecule has 38 heavy (non-hydrogen) atoms. The number of nitrogens with zero attached hydrogens (tertiary/aromatic N) is 6. The number of nitrogens with one attached hydrogen (secondary N) is 1. The van der Waals surface area contributed by atoms with Crippen molar-refractivity contribution >= 4 is 33.3 Å². The van der Waals surface area contributed by atoms with Crippen LogP contribution in [0.25, 0.3) is 0 Å². The van der Waals surface area contributed by atoms with Crippen molar-refractivity contribution in [1.82, 2.24) is 24.4 Å². The standard InChI is InChI=1S/C26H26N8O3S/c1-26(8-9-26)31-38(36,37)21-5-6-23-22(12-21)24(35)33(16-17-13-30-32(2)15-17)25-29-14-20(34(23)25)4-3-19-11-18(27)7-10-28-19/h5-7,10-13,15,20,31H,8-9,14,16H2,1-2H3,(H2,27,28)/t20-/m1/s1. The molecule has 1 saturated carbocycles. The van der Waals surface area contributed by atoms with Crippen LogP contribution in [-0.4, -0.2) is 58.1 Å². The molecule has 0 bridgehead atoms. The zero-order valence-corrected chi connectivity index (χ0v) is 21.7. The molecule has 11 nitrogen and oxygen atoms in total. The third kappa shape index (κ3) is 4.40. The van der Waals surface area contributed by atoms with Crippen molar-refractivity contribution in [1.29, 1.82) is 0 Å². The second-order valence-corrected chi connectivity index (χ2v) is 11.7. The summed E-state index contributed by atoms with van der Waals surface area (Å²) >= 11 is 0. The highest BCUT2D eigenvalue weighted by molar-refractivity contribution is 7.89. The predicted molar refractivity (Wildman–Crippen MR) is 142 cm³/mol. The molecule has 2 aromatic heterocycles. The molecule has 0 radical (unpaired) electrons. The normalized spacial score (nSPS) is 19.4. The van der Waals surface area contributed by atoms with Crippen LogP contribution in [0.4, 0.5) is 11.4 Å². The average molecular weight is 531 g/mol. The number of rotatable bonds is 5. The van der Waals surface area contributed by atoms with Gasteiger partial charge in [-0.1, -0.05) is 5.92 Å². The first-order valence-corrected chi connectivity index (χ1v) is 13.6. The summed E-state index contributed by atoms with van der Waals surface area (Å²) in [6, 6.07) is 7.62. The highest BCUT2D eigenvalue weighted by atomic mass is 32.2. The third-order valence-corrected chi connectivity index (χ3v) is 8.45. The number of sulfonamides is 1. The van der Waals surface area contributed by atoms with E-state index in [1.165, 1.54) is 12.1 Å². The summed E-state index contributed by atoms with van der Waals surface area (Å²) in [5.74, 6) is 6.40. The average Bonchev–Trinajstić information content (AvgIpc) is 3.24. The fraction of sp³-hybridized carbons (Fsp3) is 0.308. The van der Waals surface area contributed by atoms with Gasteiger partial charge in [-0.25, -0.2) is 23.1 Å². The molecule has 1 aromatic carbocycles. The van der Waals surface area contributed by atoms with Crippen LogP contribution in [0.5, 0.6) is 0 Å². The number of nitrogens with two attached hydrogens (primary N) is 1. The Morgan fingerprint density at radius 2 is 2.05 bits per heavy atom. The van der Waals surface area contributed by atoms with Crippen molar-refractivity contribution < 1.29 is 13.2 Å². The third-order valence-electron chi connectivity index (χ3n) is 6.82. The van der Waals surface area contributed by atoms with E-state index in [-0.39, 0.29) is 29.0 Å². The molecule has 12 heteroatoms. The molecule has 4 heterocycles. The SMILES string of the molecule is Cn1cc(CN2C(=O)c3cc(S(=O)(=O)NC4(C)CC4)ccc3N3C2=NC[C@H]3C#Cc2cc(N)ccn2)cn1. The fourth-order valence-corrected chi connectivity index (χ4v) is 6.08. The van der Waals surface area contributed by atoms with Crippen LogP contribution >= 0.6 is 0 Å². The van der Waals surface area contributed by atoms with Crippen molar-refractivity contribution in [2.24, 2.45) is 12.0 Å². The summed E-state index contributed by atoms with van der Waals surface area (Å²) in [4.78, 5) is 26.2. The summed E-state index contributed by atoms with van der Waals surface area (Å²) in [7, 11) is -2.00. The fourth-order valence-electron chi connectivity index (χ4n) is 4.59. The smallest absolute Gasteiger partial charge is 0.263 e. The first-order chi connectivity index (χ1) is 18.1. The van der Waals surface area contributed by atoms with Gasteiger partial charge in [-0.15, -0.1) is 0 Å². The number of carbonyl (C=O) groups excluding carboxylic acids is 1. The zero-order valence-electron chi connectivity index (χ0n) is 20.9. The zero-order chi connectivity index (χ0) is 26.7. The highest BCUT2D eigenvalue weighted by Gasteiger charge is 2.44. The van der Waals surface area contributed by atoms with Gasteiger partial charge in [0, 0.05) is 36.2 Å². The van der Waals surface area contributed by atoms with E-state index >= 15 is 0 Å². The Hall–Kier alpha value is -4.21. The van der Waals surface area contributed by atoms with E-state index in [2.05, 4.69) is 31.6 Å². The molecule has 0 spiro atoms. The maximum absolute atomic E-state index is 13.8. The Morgan fingerprint density at radius 1 is 1.24 bits per heavy atom. The summed E-state index contributed by atoms with van der Waals surface area (Å²) in [5.41, 5.74) is 8.17. The minimum Gasteiger partial charge on any atom is -0.399 e. The van der Waals surface area contributed by atoms with Gasteiger partial charge < -0.3 is 5.73 Å². The van der Waals surface area contributed by atoms with Crippen LogP contribution in [-0.2, 0) is 23.6 Å². The van der Waals surface area contributed by atoms with Crippen molar-refractivity contribution in [3.8, 4) is 11.8 Å². The second kappa shape index (κ2) is 8.68. The number of anilines is 2. The lowest BCUT2D eigenvalue weighted by molar-refractivity contribution is 0.0833. The minimum absolute atomic E-state index is 0.0465. The van der Waals surface area contributed by atoms with Crippen LogP contribution < -0.4 is 15.4 Å².